The maximum atomic E-state index is 12.8. The van der Waals surface area contributed by atoms with E-state index in [1.807, 2.05) is 6.07 Å². The number of nitrogens with zero attached hydrogens (tertiary/aromatic N) is 3. The van der Waals surface area contributed by atoms with Gasteiger partial charge in [0.1, 0.15) is 6.54 Å². The smallest absolute Gasteiger partial charge is 0.325 e. The van der Waals surface area contributed by atoms with Crippen molar-refractivity contribution < 1.29 is 23.9 Å². The number of thiazole rings is 1. The lowest BCUT2D eigenvalue weighted by Crippen LogP contribution is -2.28. The van der Waals surface area contributed by atoms with E-state index in [0.29, 0.717) is 21.0 Å². The van der Waals surface area contributed by atoms with Crippen LogP contribution in [0.4, 0.5) is 5.69 Å². The van der Waals surface area contributed by atoms with E-state index in [1.165, 1.54) is 42.7 Å². The fourth-order valence-electron chi connectivity index (χ4n) is 3.28. The Bertz CT molecular complexity index is 1280. The molecule has 3 amide bonds. The fraction of sp³-hybridized carbons (Fsp3) is 0.190. The summed E-state index contributed by atoms with van der Waals surface area (Å²) in [6.45, 7) is -0.148. The van der Waals surface area contributed by atoms with Crippen LogP contribution in [0.5, 0.6) is 0 Å². The maximum Gasteiger partial charge on any atom is 0.325 e. The Balaban J connectivity index is 1.71. The van der Waals surface area contributed by atoms with Crippen molar-refractivity contribution in [1.82, 2.24) is 4.57 Å². The van der Waals surface area contributed by atoms with Gasteiger partial charge in [0.15, 0.2) is 4.80 Å². The molecule has 1 saturated heterocycles. The Morgan fingerprint density at radius 1 is 1.10 bits per heavy atom. The first kappa shape index (κ1) is 21.0. The summed E-state index contributed by atoms with van der Waals surface area (Å²) in [5, 5.41) is 0.427. The van der Waals surface area contributed by atoms with Gasteiger partial charge in [0.25, 0.3) is 5.91 Å². The van der Waals surface area contributed by atoms with E-state index >= 15 is 0 Å². The van der Waals surface area contributed by atoms with Gasteiger partial charge in [-0.3, -0.25) is 24.1 Å². The average molecular weight is 458 g/mol. The Morgan fingerprint density at radius 3 is 2.42 bits per heavy atom. The highest BCUT2D eigenvalue weighted by atomic mass is 35.5. The van der Waals surface area contributed by atoms with Crippen LogP contribution in [0.2, 0.25) is 5.02 Å². The molecule has 31 heavy (non-hydrogen) atoms. The molecule has 1 aliphatic rings. The maximum absolute atomic E-state index is 12.8. The topological polar surface area (TPSA) is 98.0 Å². The predicted octanol–water partition coefficient (Wildman–Crippen LogP) is 2.92. The lowest BCUT2D eigenvalue weighted by molar-refractivity contribution is -0.141. The van der Waals surface area contributed by atoms with Crippen LogP contribution >= 0.6 is 22.9 Å². The summed E-state index contributed by atoms with van der Waals surface area (Å²) < 4.78 is 7.06. The number of para-hydroxylation sites is 1. The molecule has 8 nitrogen and oxygen atoms in total. The number of benzene rings is 2. The molecule has 10 heteroatoms. The van der Waals surface area contributed by atoms with Crippen LogP contribution in [0, 0.1) is 0 Å². The monoisotopic (exact) mass is 457 g/mol. The van der Waals surface area contributed by atoms with E-state index in [1.54, 1.807) is 16.7 Å². The molecular weight excluding hydrogens is 442 g/mol. The highest BCUT2D eigenvalue weighted by molar-refractivity contribution is 7.16. The third-order valence-electron chi connectivity index (χ3n) is 4.79. The molecule has 1 aliphatic heterocycles. The molecule has 1 fully saturated rings. The summed E-state index contributed by atoms with van der Waals surface area (Å²) in [6, 6.07) is 11.4. The van der Waals surface area contributed by atoms with Crippen molar-refractivity contribution in [2.24, 2.45) is 4.99 Å². The Kier molecular flexibility index (Phi) is 5.71. The molecule has 158 valence electrons. The van der Waals surface area contributed by atoms with Gasteiger partial charge >= 0.3 is 5.97 Å². The molecule has 0 spiro atoms. The number of ether oxygens (including phenoxy) is 1. The van der Waals surface area contributed by atoms with Crippen molar-refractivity contribution in [3.63, 3.8) is 0 Å². The second-order valence-corrected chi connectivity index (χ2v) is 8.14. The van der Waals surface area contributed by atoms with E-state index in [0.717, 1.165) is 9.60 Å². The Labute approximate surface area is 185 Å². The van der Waals surface area contributed by atoms with Crippen LogP contribution in [-0.4, -0.2) is 35.4 Å². The van der Waals surface area contributed by atoms with Crippen LogP contribution in [0.3, 0.4) is 0 Å². The highest BCUT2D eigenvalue weighted by Gasteiger charge is 2.30. The largest absolute Gasteiger partial charge is 0.468 e. The number of hydrogen-bond donors (Lipinski definition) is 0. The third kappa shape index (κ3) is 4.01. The van der Waals surface area contributed by atoms with E-state index in [2.05, 4.69) is 4.99 Å². The van der Waals surface area contributed by atoms with Crippen molar-refractivity contribution in [3.05, 3.63) is 57.9 Å². The first-order chi connectivity index (χ1) is 14.9. The van der Waals surface area contributed by atoms with E-state index in [-0.39, 0.29) is 36.8 Å². The fourth-order valence-corrected chi connectivity index (χ4v) is 4.67. The first-order valence-electron chi connectivity index (χ1n) is 9.28. The number of imide groups is 1. The minimum atomic E-state index is -0.535. The molecule has 2 aromatic carbocycles. The van der Waals surface area contributed by atoms with Crippen molar-refractivity contribution in [1.29, 1.82) is 0 Å². The van der Waals surface area contributed by atoms with Gasteiger partial charge in [-0.1, -0.05) is 29.0 Å². The van der Waals surface area contributed by atoms with Crippen molar-refractivity contribution in [3.8, 4) is 0 Å². The van der Waals surface area contributed by atoms with Crippen LogP contribution in [0.1, 0.15) is 23.2 Å². The molecule has 2 heterocycles. The van der Waals surface area contributed by atoms with Crippen LogP contribution in [0.25, 0.3) is 10.2 Å². The van der Waals surface area contributed by atoms with E-state index in [9.17, 15) is 19.2 Å². The number of methoxy groups -OCH3 is 1. The van der Waals surface area contributed by atoms with Gasteiger partial charge in [0.2, 0.25) is 11.8 Å². The number of amides is 3. The number of halogens is 1. The Hall–Kier alpha value is -3.30. The van der Waals surface area contributed by atoms with Gasteiger partial charge in [0.05, 0.1) is 28.0 Å². The molecule has 4 rings (SSSR count). The number of carbonyl (C=O) groups excluding carboxylic acids is 4. The number of fused-ring (bicyclic) bond motifs is 1. The summed E-state index contributed by atoms with van der Waals surface area (Å²) in [5.74, 6) is -1.57. The minimum Gasteiger partial charge on any atom is -0.468 e. The summed E-state index contributed by atoms with van der Waals surface area (Å²) >= 11 is 7.53. The van der Waals surface area contributed by atoms with Gasteiger partial charge < -0.3 is 9.30 Å². The summed E-state index contributed by atoms with van der Waals surface area (Å²) in [6.07, 6.45) is 0.368. The van der Waals surface area contributed by atoms with Gasteiger partial charge in [-0.15, -0.1) is 0 Å². The average Bonchev–Trinajstić information content (AvgIpc) is 3.28. The first-order valence-corrected chi connectivity index (χ1v) is 10.5. The minimum absolute atomic E-state index is 0.148. The van der Waals surface area contributed by atoms with Crippen molar-refractivity contribution >= 4 is 62.5 Å². The number of carbonyl (C=O) groups is 4. The molecule has 1 aromatic heterocycles. The van der Waals surface area contributed by atoms with E-state index in [4.69, 9.17) is 16.3 Å². The van der Waals surface area contributed by atoms with Crippen molar-refractivity contribution in [2.75, 3.05) is 12.0 Å². The molecule has 0 saturated carbocycles. The SMILES string of the molecule is COC(=O)Cn1c(=NC(=O)c2ccc(N3C(=O)CCC3=O)cc2)sc2cccc(Cl)c21. The second kappa shape index (κ2) is 8.44. The second-order valence-electron chi connectivity index (χ2n) is 6.72. The molecule has 0 N–H and O–H groups in total. The number of aromatic nitrogens is 1. The van der Waals surface area contributed by atoms with E-state index < -0.39 is 11.9 Å². The molecule has 3 aromatic rings. The lowest BCUT2D eigenvalue weighted by atomic mass is 10.2. The van der Waals surface area contributed by atoms with Crippen LogP contribution in [-0.2, 0) is 25.7 Å². The molecule has 0 bridgehead atoms. The Morgan fingerprint density at radius 2 is 1.77 bits per heavy atom. The summed E-state index contributed by atoms with van der Waals surface area (Å²) in [7, 11) is 1.28. The number of anilines is 1. The number of rotatable bonds is 4. The zero-order valence-corrected chi connectivity index (χ0v) is 17.9. The van der Waals surface area contributed by atoms with Gasteiger partial charge in [-0.25, -0.2) is 0 Å². The van der Waals surface area contributed by atoms with Crippen molar-refractivity contribution in [2.45, 2.75) is 19.4 Å². The van der Waals surface area contributed by atoms with Gasteiger partial charge in [0, 0.05) is 18.4 Å². The standard InChI is InChI=1S/C21H16ClN3O5S/c1-30-18(28)11-24-19-14(22)3-2-4-15(19)31-21(24)23-20(29)12-5-7-13(8-6-12)25-16(26)9-10-17(25)27/h2-8H,9-11H2,1H3. The quantitative estimate of drug-likeness (QED) is 0.443. The van der Waals surface area contributed by atoms with Crippen LogP contribution in [0.15, 0.2) is 47.5 Å². The summed E-state index contributed by atoms with van der Waals surface area (Å²) in [5.41, 5.74) is 1.28. The lowest BCUT2D eigenvalue weighted by Gasteiger charge is -2.13. The number of esters is 1. The van der Waals surface area contributed by atoms with Gasteiger partial charge in [-0.2, -0.15) is 4.99 Å². The molecule has 0 unspecified atom stereocenters. The van der Waals surface area contributed by atoms with Gasteiger partial charge in [-0.05, 0) is 36.4 Å². The zero-order chi connectivity index (χ0) is 22.1. The molecule has 0 radical (unpaired) electrons. The third-order valence-corrected chi connectivity index (χ3v) is 6.14. The normalized spacial score (nSPS) is 14.5. The zero-order valence-electron chi connectivity index (χ0n) is 16.3. The highest BCUT2D eigenvalue weighted by Crippen LogP contribution is 2.26. The van der Waals surface area contributed by atoms with Crippen LogP contribution < -0.4 is 9.70 Å². The summed E-state index contributed by atoms with van der Waals surface area (Å²) in [4.78, 5) is 54.0. The molecule has 0 atom stereocenters. The molecular formula is C21H16ClN3O5S. The molecule has 0 aliphatic carbocycles. The number of hydrogen-bond acceptors (Lipinski definition) is 6. The predicted molar refractivity (Wildman–Crippen MR) is 115 cm³/mol.